The number of aliphatic hydroxyl groups excluding tert-OH is 1. The van der Waals surface area contributed by atoms with Gasteiger partial charge < -0.3 is 5.11 Å². The van der Waals surface area contributed by atoms with E-state index < -0.39 is 0 Å². The zero-order valence-corrected chi connectivity index (χ0v) is 9.97. The van der Waals surface area contributed by atoms with Crippen LogP contribution in [0.2, 0.25) is 5.02 Å². The van der Waals surface area contributed by atoms with Gasteiger partial charge in [0, 0.05) is 10.6 Å². The molecule has 1 rings (SSSR count). The zero-order valence-electron chi connectivity index (χ0n) is 7.63. The van der Waals surface area contributed by atoms with E-state index in [1.165, 1.54) is 0 Å². The van der Waals surface area contributed by atoms with E-state index in [2.05, 4.69) is 15.9 Å². The molecule has 0 heterocycles. The lowest BCUT2D eigenvalue weighted by Crippen LogP contribution is -2.10. The molecule has 0 aliphatic rings. The number of carbonyl (C=O) groups excluding carboxylic acids is 1. The van der Waals surface area contributed by atoms with Crippen molar-refractivity contribution in [3.63, 3.8) is 0 Å². The molecule has 14 heavy (non-hydrogen) atoms. The van der Waals surface area contributed by atoms with Crippen molar-refractivity contribution >= 4 is 33.3 Å². The van der Waals surface area contributed by atoms with E-state index in [0.717, 1.165) is 0 Å². The number of ketones is 1. The van der Waals surface area contributed by atoms with Gasteiger partial charge in [0.15, 0.2) is 5.78 Å². The smallest absolute Gasteiger partial charge is 0.176 e. The van der Waals surface area contributed by atoms with Gasteiger partial charge in [-0.1, -0.05) is 27.5 Å². The highest BCUT2D eigenvalue weighted by atomic mass is 79.9. The Balaban J connectivity index is 3.09. The van der Waals surface area contributed by atoms with E-state index in [0.29, 0.717) is 16.1 Å². The van der Waals surface area contributed by atoms with Crippen LogP contribution >= 0.6 is 27.5 Å². The van der Waals surface area contributed by atoms with Gasteiger partial charge >= 0.3 is 0 Å². The lowest BCUT2D eigenvalue weighted by Gasteiger charge is -2.05. The Labute approximate surface area is 96.0 Å². The van der Waals surface area contributed by atoms with Gasteiger partial charge in [-0.3, -0.25) is 4.79 Å². The molecule has 1 N–H and O–H groups in total. The topological polar surface area (TPSA) is 37.3 Å². The molecule has 1 unspecified atom stereocenters. The lowest BCUT2D eigenvalue weighted by molar-refractivity contribution is 0.0995. The largest absolute Gasteiger partial charge is 0.392 e. The SMILES string of the molecule is CC(Br)C(=O)c1cc(Cl)cc(CO)c1. The van der Waals surface area contributed by atoms with Gasteiger partial charge in [0.25, 0.3) is 0 Å². The molecular formula is C10H10BrClO2. The maximum atomic E-state index is 11.6. The van der Waals surface area contributed by atoms with E-state index in [1.54, 1.807) is 25.1 Å². The minimum absolute atomic E-state index is 0.0396. The molecule has 1 aromatic rings. The minimum Gasteiger partial charge on any atom is -0.392 e. The number of aliphatic hydroxyl groups is 1. The summed E-state index contributed by atoms with van der Waals surface area (Å²) in [5.41, 5.74) is 1.17. The summed E-state index contributed by atoms with van der Waals surface area (Å²) in [7, 11) is 0. The van der Waals surface area contributed by atoms with Crippen molar-refractivity contribution in [2.24, 2.45) is 0 Å². The molecule has 0 aromatic heterocycles. The first-order valence-electron chi connectivity index (χ1n) is 4.13. The molecule has 0 aliphatic heterocycles. The summed E-state index contributed by atoms with van der Waals surface area (Å²) in [4.78, 5) is 11.3. The second-order valence-corrected chi connectivity index (χ2v) is 4.80. The third-order valence-corrected chi connectivity index (χ3v) is 2.42. The first-order chi connectivity index (χ1) is 6.54. The molecule has 0 radical (unpaired) electrons. The van der Waals surface area contributed by atoms with Crippen molar-refractivity contribution in [2.45, 2.75) is 18.4 Å². The number of hydrogen-bond donors (Lipinski definition) is 1. The molecule has 0 fully saturated rings. The molecule has 1 atom stereocenters. The van der Waals surface area contributed by atoms with Crippen LogP contribution in [-0.2, 0) is 6.61 Å². The summed E-state index contributed by atoms with van der Waals surface area (Å²) in [5, 5.41) is 9.39. The second-order valence-electron chi connectivity index (χ2n) is 2.99. The van der Waals surface area contributed by atoms with E-state index in [9.17, 15) is 4.79 Å². The molecule has 0 amide bonds. The van der Waals surface area contributed by atoms with Crippen LogP contribution in [-0.4, -0.2) is 15.7 Å². The summed E-state index contributed by atoms with van der Waals surface area (Å²) in [6, 6.07) is 4.88. The van der Waals surface area contributed by atoms with Crippen molar-refractivity contribution < 1.29 is 9.90 Å². The standard InChI is InChI=1S/C10H10BrClO2/c1-6(11)10(14)8-2-7(5-13)3-9(12)4-8/h2-4,6,13H,5H2,1H3. The number of benzene rings is 1. The fraction of sp³-hybridized carbons (Fsp3) is 0.300. The molecule has 0 spiro atoms. The van der Waals surface area contributed by atoms with Gasteiger partial charge in [-0.25, -0.2) is 0 Å². The lowest BCUT2D eigenvalue weighted by atomic mass is 10.1. The molecule has 0 aliphatic carbocycles. The maximum Gasteiger partial charge on any atom is 0.176 e. The van der Waals surface area contributed by atoms with E-state index in [1.807, 2.05) is 0 Å². The van der Waals surface area contributed by atoms with Gasteiger partial charge in [-0.15, -0.1) is 0 Å². The normalized spacial score (nSPS) is 12.6. The Morgan fingerprint density at radius 1 is 1.57 bits per heavy atom. The Morgan fingerprint density at radius 3 is 2.71 bits per heavy atom. The van der Waals surface area contributed by atoms with E-state index in [-0.39, 0.29) is 17.2 Å². The summed E-state index contributed by atoms with van der Waals surface area (Å²) in [5.74, 6) is -0.0396. The van der Waals surface area contributed by atoms with E-state index in [4.69, 9.17) is 16.7 Å². The molecule has 2 nitrogen and oxygen atoms in total. The number of hydrogen-bond acceptors (Lipinski definition) is 2. The zero-order chi connectivity index (χ0) is 10.7. The van der Waals surface area contributed by atoms with Gasteiger partial charge in [0.1, 0.15) is 0 Å². The Hall–Kier alpha value is -0.380. The molecule has 0 saturated carbocycles. The van der Waals surface area contributed by atoms with Gasteiger partial charge in [0.05, 0.1) is 11.4 Å². The Kier molecular flexibility index (Phi) is 4.11. The van der Waals surface area contributed by atoms with Crippen molar-refractivity contribution in [3.8, 4) is 0 Å². The molecule has 1 aromatic carbocycles. The molecular weight excluding hydrogens is 267 g/mol. The highest BCUT2D eigenvalue weighted by Crippen LogP contribution is 2.18. The number of Topliss-reactive ketones (excluding diaryl/α,β-unsaturated/α-hetero) is 1. The van der Waals surface area contributed by atoms with Crippen LogP contribution in [0.5, 0.6) is 0 Å². The van der Waals surface area contributed by atoms with Gasteiger partial charge in [-0.05, 0) is 30.7 Å². The Bertz CT molecular complexity index is 350. The first-order valence-corrected chi connectivity index (χ1v) is 5.42. The highest BCUT2D eigenvalue weighted by Gasteiger charge is 2.12. The minimum atomic E-state index is -0.243. The van der Waals surface area contributed by atoms with Crippen molar-refractivity contribution in [3.05, 3.63) is 34.3 Å². The van der Waals surface area contributed by atoms with Crippen LogP contribution in [0, 0.1) is 0 Å². The molecule has 0 bridgehead atoms. The number of alkyl halides is 1. The predicted molar refractivity (Wildman–Crippen MR) is 60.1 cm³/mol. The van der Waals surface area contributed by atoms with Crippen LogP contribution in [0.3, 0.4) is 0 Å². The fourth-order valence-corrected chi connectivity index (χ4v) is 1.64. The fourth-order valence-electron chi connectivity index (χ4n) is 1.11. The summed E-state index contributed by atoms with van der Waals surface area (Å²) < 4.78 is 0. The van der Waals surface area contributed by atoms with Crippen LogP contribution in [0.1, 0.15) is 22.8 Å². The average Bonchev–Trinajstić information content (AvgIpc) is 2.15. The second kappa shape index (κ2) is 4.91. The van der Waals surface area contributed by atoms with Gasteiger partial charge in [-0.2, -0.15) is 0 Å². The first kappa shape index (κ1) is 11.7. The average molecular weight is 278 g/mol. The number of halogens is 2. The summed E-state index contributed by atoms with van der Waals surface area (Å²) >= 11 is 8.99. The van der Waals surface area contributed by atoms with Crippen molar-refractivity contribution in [1.29, 1.82) is 0 Å². The van der Waals surface area contributed by atoms with Crippen molar-refractivity contribution in [1.82, 2.24) is 0 Å². The van der Waals surface area contributed by atoms with Crippen LogP contribution in [0.15, 0.2) is 18.2 Å². The third-order valence-electron chi connectivity index (χ3n) is 1.79. The monoisotopic (exact) mass is 276 g/mol. The van der Waals surface area contributed by atoms with Gasteiger partial charge in [0.2, 0.25) is 0 Å². The molecule has 76 valence electrons. The molecule has 4 heteroatoms. The number of rotatable bonds is 3. The van der Waals surface area contributed by atoms with Crippen molar-refractivity contribution in [2.75, 3.05) is 0 Å². The van der Waals surface area contributed by atoms with E-state index >= 15 is 0 Å². The maximum absolute atomic E-state index is 11.6. The summed E-state index contributed by atoms with van der Waals surface area (Å²) in [6.45, 7) is 1.64. The summed E-state index contributed by atoms with van der Waals surface area (Å²) in [6.07, 6.45) is 0. The predicted octanol–water partition coefficient (Wildman–Crippen LogP) is 2.80. The van der Waals surface area contributed by atoms with Crippen LogP contribution in [0.4, 0.5) is 0 Å². The third kappa shape index (κ3) is 2.80. The Morgan fingerprint density at radius 2 is 2.21 bits per heavy atom. The highest BCUT2D eigenvalue weighted by molar-refractivity contribution is 9.10. The van der Waals surface area contributed by atoms with Crippen LogP contribution < -0.4 is 0 Å². The van der Waals surface area contributed by atoms with Crippen LogP contribution in [0.25, 0.3) is 0 Å². The number of carbonyl (C=O) groups is 1. The molecule has 0 saturated heterocycles. The quantitative estimate of drug-likeness (QED) is 0.681.